The molecular weight excluding hydrogens is 329 g/mol. The third kappa shape index (κ3) is 2.93. The second-order valence-electron chi connectivity index (χ2n) is 6.40. The first-order valence-electron chi connectivity index (χ1n) is 8.25. The van der Waals surface area contributed by atoms with Gasteiger partial charge in [-0.1, -0.05) is 60.7 Å². The van der Waals surface area contributed by atoms with Crippen LogP contribution in [0.3, 0.4) is 0 Å². The fourth-order valence-electron chi connectivity index (χ4n) is 3.02. The molecule has 25 heavy (non-hydrogen) atoms. The summed E-state index contributed by atoms with van der Waals surface area (Å²) < 4.78 is 53.3. The quantitative estimate of drug-likeness (QED) is 0.732. The molecule has 2 fully saturated rings. The van der Waals surface area contributed by atoms with E-state index in [0.717, 1.165) is 12.8 Å². The highest BCUT2D eigenvalue weighted by Crippen LogP contribution is 2.55. The van der Waals surface area contributed by atoms with Crippen molar-refractivity contribution in [2.24, 2.45) is 5.92 Å². The number of rotatable bonds is 3. The SMILES string of the molecule is FC(F)(F)C1(c2ccccc2)O/C(=C\C2CC2)C(c2ccccc2)O1. The van der Waals surface area contributed by atoms with Crippen molar-refractivity contribution in [2.75, 3.05) is 0 Å². The molecule has 2 nitrogen and oxygen atoms in total. The number of hydrogen-bond acceptors (Lipinski definition) is 2. The fraction of sp³-hybridized carbons (Fsp3) is 0.300. The van der Waals surface area contributed by atoms with Gasteiger partial charge in [0.1, 0.15) is 11.9 Å². The normalized spacial score (nSPS) is 28.1. The van der Waals surface area contributed by atoms with Crippen molar-refractivity contribution in [1.29, 1.82) is 0 Å². The lowest BCUT2D eigenvalue weighted by Crippen LogP contribution is -2.43. The maximum Gasteiger partial charge on any atom is 0.460 e. The van der Waals surface area contributed by atoms with Crippen LogP contribution in [-0.4, -0.2) is 6.18 Å². The van der Waals surface area contributed by atoms with Crippen molar-refractivity contribution < 1.29 is 22.6 Å². The average Bonchev–Trinajstić information content (AvgIpc) is 3.33. The van der Waals surface area contributed by atoms with Gasteiger partial charge in [0.2, 0.25) is 0 Å². The largest absolute Gasteiger partial charge is 0.460 e. The van der Waals surface area contributed by atoms with Gasteiger partial charge in [0.25, 0.3) is 0 Å². The molecular formula is C20H17F3O2. The Bertz CT molecular complexity index is 767. The van der Waals surface area contributed by atoms with E-state index >= 15 is 0 Å². The predicted molar refractivity (Wildman–Crippen MR) is 86.3 cm³/mol. The van der Waals surface area contributed by atoms with E-state index in [-0.39, 0.29) is 17.2 Å². The molecule has 1 saturated heterocycles. The fourth-order valence-corrected chi connectivity index (χ4v) is 3.02. The Balaban J connectivity index is 1.81. The van der Waals surface area contributed by atoms with Gasteiger partial charge < -0.3 is 9.47 Å². The highest BCUT2D eigenvalue weighted by molar-refractivity contribution is 5.31. The Hall–Kier alpha value is -2.27. The minimum absolute atomic E-state index is 0.0531. The topological polar surface area (TPSA) is 18.5 Å². The van der Waals surface area contributed by atoms with Crippen LogP contribution in [0.1, 0.15) is 30.1 Å². The molecule has 2 aromatic carbocycles. The van der Waals surface area contributed by atoms with Crippen LogP contribution in [0.4, 0.5) is 13.2 Å². The zero-order valence-electron chi connectivity index (χ0n) is 13.4. The van der Waals surface area contributed by atoms with Crippen LogP contribution in [0, 0.1) is 5.92 Å². The monoisotopic (exact) mass is 346 g/mol. The predicted octanol–water partition coefficient (Wildman–Crippen LogP) is 5.48. The molecule has 4 rings (SSSR count). The van der Waals surface area contributed by atoms with E-state index < -0.39 is 18.1 Å². The Labute approximate surface area is 143 Å². The molecule has 2 unspecified atom stereocenters. The molecule has 0 aromatic heterocycles. The molecule has 0 amide bonds. The number of halogens is 3. The van der Waals surface area contributed by atoms with Gasteiger partial charge in [0.05, 0.1) is 0 Å². The summed E-state index contributed by atoms with van der Waals surface area (Å²) in [7, 11) is 0. The van der Waals surface area contributed by atoms with E-state index in [0.29, 0.717) is 5.56 Å². The number of allylic oxidation sites excluding steroid dienone is 1. The van der Waals surface area contributed by atoms with Crippen LogP contribution in [0.25, 0.3) is 0 Å². The lowest BCUT2D eigenvalue weighted by atomic mass is 10.1. The zero-order chi connectivity index (χ0) is 17.5. The number of benzene rings is 2. The van der Waals surface area contributed by atoms with E-state index in [1.807, 2.05) is 6.07 Å². The summed E-state index contributed by atoms with van der Waals surface area (Å²) in [6.45, 7) is 0. The lowest BCUT2D eigenvalue weighted by Gasteiger charge is -2.30. The van der Waals surface area contributed by atoms with Crippen molar-refractivity contribution in [2.45, 2.75) is 30.9 Å². The van der Waals surface area contributed by atoms with Gasteiger partial charge in [-0.15, -0.1) is 0 Å². The standard InChI is InChI=1S/C20H17F3O2/c21-20(22,23)19(16-9-5-2-6-10-16)24-17(13-14-11-12-14)18(25-19)15-7-3-1-4-8-15/h1-10,13-14,18H,11-12H2/b17-13-. The van der Waals surface area contributed by atoms with Crippen LogP contribution < -0.4 is 0 Å². The van der Waals surface area contributed by atoms with Crippen molar-refractivity contribution in [3.63, 3.8) is 0 Å². The summed E-state index contributed by atoms with van der Waals surface area (Å²) in [5.74, 6) is -2.27. The minimum atomic E-state index is -4.71. The van der Waals surface area contributed by atoms with Crippen LogP contribution in [0.5, 0.6) is 0 Å². The van der Waals surface area contributed by atoms with Crippen molar-refractivity contribution in [1.82, 2.24) is 0 Å². The first kappa shape index (κ1) is 16.2. The Kier molecular flexibility index (Phi) is 3.84. The van der Waals surface area contributed by atoms with Gasteiger partial charge in [0.15, 0.2) is 0 Å². The average molecular weight is 346 g/mol. The maximum atomic E-state index is 14.0. The second kappa shape index (κ2) is 5.92. The van der Waals surface area contributed by atoms with Crippen molar-refractivity contribution in [3.05, 3.63) is 83.6 Å². The van der Waals surface area contributed by atoms with Crippen LogP contribution in [0.15, 0.2) is 72.5 Å². The molecule has 2 aromatic rings. The Morgan fingerprint density at radius 1 is 0.920 bits per heavy atom. The molecule has 0 radical (unpaired) electrons. The maximum absolute atomic E-state index is 14.0. The van der Waals surface area contributed by atoms with Gasteiger partial charge in [0, 0.05) is 5.56 Å². The van der Waals surface area contributed by atoms with E-state index in [1.165, 1.54) is 12.1 Å². The molecule has 130 valence electrons. The first-order chi connectivity index (χ1) is 12.0. The van der Waals surface area contributed by atoms with Crippen molar-refractivity contribution in [3.8, 4) is 0 Å². The minimum Gasteiger partial charge on any atom is -0.451 e. The second-order valence-corrected chi connectivity index (χ2v) is 6.40. The Morgan fingerprint density at radius 2 is 1.52 bits per heavy atom. The van der Waals surface area contributed by atoms with Gasteiger partial charge in [-0.25, -0.2) is 0 Å². The summed E-state index contributed by atoms with van der Waals surface area (Å²) in [5, 5.41) is 0. The van der Waals surface area contributed by atoms with Gasteiger partial charge >= 0.3 is 12.0 Å². The molecule has 2 atom stereocenters. The van der Waals surface area contributed by atoms with E-state index in [4.69, 9.17) is 9.47 Å². The molecule has 1 aliphatic carbocycles. The van der Waals surface area contributed by atoms with E-state index in [1.54, 1.807) is 48.5 Å². The third-order valence-corrected chi connectivity index (χ3v) is 4.46. The molecule has 1 saturated carbocycles. The van der Waals surface area contributed by atoms with Gasteiger partial charge in [-0.05, 0) is 30.4 Å². The number of hydrogen-bond donors (Lipinski definition) is 0. The molecule has 0 spiro atoms. The third-order valence-electron chi connectivity index (χ3n) is 4.46. The summed E-state index contributed by atoms with van der Waals surface area (Å²) in [6, 6.07) is 16.4. The molecule has 5 heteroatoms. The smallest absolute Gasteiger partial charge is 0.451 e. The van der Waals surface area contributed by atoms with Gasteiger partial charge in [-0.3, -0.25) is 0 Å². The highest BCUT2D eigenvalue weighted by Gasteiger charge is 2.66. The molecule has 0 bridgehead atoms. The van der Waals surface area contributed by atoms with Crippen LogP contribution >= 0.6 is 0 Å². The van der Waals surface area contributed by atoms with Crippen molar-refractivity contribution >= 4 is 0 Å². The lowest BCUT2D eigenvalue weighted by molar-refractivity contribution is -0.354. The van der Waals surface area contributed by atoms with E-state index in [9.17, 15) is 13.2 Å². The molecule has 1 aliphatic heterocycles. The van der Waals surface area contributed by atoms with Crippen LogP contribution in [0.2, 0.25) is 0 Å². The highest BCUT2D eigenvalue weighted by atomic mass is 19.4. The summed E-state index contributed by atoms with van der Waals surface area (Å²) >= 11 is 0. The number of alkyl halides is 3. The Morgan fingerprint density at radius 3 is 2.08 bits per heavy atom. The zero-order valence-corrected chi connectivity index (χ0v) is 13.4. The molecule has 0 N–H and O–H groups in total. The summed E-state index contributed by atoms with van der Waals surface area (Å²) in [5.41, 5.74) is 0.596. The first-order valence-corrected chi connectivity index (χ1v) is 8.25. The summed E-state index contributed by atoms with van der Waals surface area (Å²) in [4.78, 5) is 0. The van der Waals surface area contributed by atoms with E-state index in [2.05, 4.69) is 0 Å². The van der Waals surface area contributed by atoms with Gasteiger partial charge in [-0.2, -0.15) is 13.2 Å². The molecule has 2 aliphatic rings. The van der Waals surface area contributed by atoms with Crippen LogP contribution in [-0.2, 0) is 15.3 Å². The number of ether oxygens (including phenoxy) is 2. The summed E-state index contributed by atoms with van der Waals surface area (Å²) in [6.07, 6.45) is -1.85. The molecule has 1 heterocycles.